The van der Waals surface area contributed by atoms with Gasteiger partial charge in [0.05, 0.1) is 16.2 Å². The van der Waals surface area contributed by atoms with Crippen molar-refractivity contribution in [2.45, 2.75) is 24.8 Å². The Kier molecular flexibility index (Phi) is 8.58. The third-order valence-electron chi connectivity index (χ3n) is 4.81. The highest BCUT2D eigenvalue weighted by atomic mass is 32.2. The number of carbonyl (C=O) groups excluding carboxylic acids is 3. The zero-order chi connectivity index (χ0) is 25.4. The van der Waals surface area contributed by atoms with Crippen molar-refractivity contribution in [2.24, 2.45) is 0 Å². The molecule has 0 aliphatic heterocycles. The lowest BCUT2D eigenvalue weighted by Crippen LogP contribution is -2.30. The number of nitro groups is 1. The summed E-state index contributed by atoms with van der Waals surface area (Å²) in [6, 6.07) is 19.6. The Morgan fingerprint density at radius 3 is 2.34 bits per heavy atom. The van der Waals surface area contributed by atoms with Crippen molar-refractivity contribution in [3.8, 4) is 0 Å². The quantitative estimate of drug-likeness (QED) is 0.189. The van der Waals surface area contributed by atoms with Gasteiger partial charge >= 0.3 is 5.97 Å². The fourth-order valence-electron chi connectivity index (χ4n) is 2.99. The van der Waals surface area contributed by atoms with E-state index in [0.29, 0.717) is 10.6 Å². The van der Waals surface area contributed by atoms with Crippen LogP contribution in [0.2, 0.25) is 0 Å². The van der Waals surface area contributed by atoms with Gasteiger partial charge in [0, 0.05) is 16.6 Å². The molecule has 0 aliphatic rings. The molecule has 3 aromatic rings. The number of anilines is 2. The molecule has 0 aromatic heterocycles. The van der Waals surface area contributed by atoms with Gasteiger partial charge in [-0.05, 0) is 44.2 Å². The number of aryl methyl sites for hydroxylation is 1. The standard InChI is InChI=1S/C25H23N3O6S/c1-16-11-13-18(14-12-16)26-23(29)15-35-22-10-6-3-7-19(22)25(31)34-17(2)24(30)27-20-8-4-5-9-21(20)28(32)33/h3-14,17H,15H2,1-2H3,(H,26,29)(H,27,30). The van der Waals surface area contributed by atoms with Gasteiger partial charge in [0.1, 0.15) is 5.69 Å². The first kappa shape index (κ1) is 25.4. The highest BCUT2D eigenvalue weighted by Crippen LogP contribution is 2.25. The number of carbonyl (C=O) groups is 3. The van der Waals surface area contributed by atoms with E-state index in [1.54, 1.807) is 36.4 Å². The topological polar surface area (TPSA) is 128 Å². The van der Waals surface area contributed by atoms with E-state index in [9.17, 15) is 24.5 Å². The number of hydrogen-bond acceptors (Lipinski definition) is 7. The molecule has 0 heterocycles. The average molecular weight is 494 g/mol. The molecule has 1 unspecified atom stereocenters. The van der Waals surface area contributed by atoms with Crippen molar-refractivity contribution < 1.29 is 24.0 Å². The number of nitrogens with one attached hydrogen (secondary N) is 2. The molecule has 0 spiro atoms. The first-order valence-electron chi connectivity index (χ1n) is 10.6. The van der Waals surface area contributed by atoms with Gasteiger partial charge in [-0.3, -0.25) is 19.7 Å². The predicted octanol–water partition coefficient (Wildman–Crippen LogP) is 4.82. The minimum atomic E-state index is -1.22. The third kappa shape index (κ3) is 7.15. The van der Waals surface area contributed by atoms with E-state index in [4.69, 9.17) is 4.74 Å². The lowest BCUT2D eigenvalue weighted by atomic mass is 10.2. The van der Waals surface area contributed by atoms with Crippen LogP contribution in [0.4, 0.5) is 17.1 Å². The molecule has 3 rings (SSSR count). The molecule has 0 saturated carbocycles. The lowest BCUT2D eigenvalue weighted by Gasteiger charge is -2.15. The second-order valence-corrected chi connectivity index (χ2v) is 8.53. The van der Waals surface area contributed by atoms with Gasteiger partial charge in [-0.15, -0.1) is 11.8 Å². The van der Waals surface area contributed by atoms with Crippen LogP contribution >= 0.6 is 11.8 Å². The lowest BCUT2D eigenvalue weighted by molar-refractivity contribution is -0.383. The molecule has 2 amide bonds. The third-order valence-corrected chi connectivity index (χ3v) is 5.89. The van der Waals surface area contributed by atoms with Crippen molar-refractivity contribution in [1.29, 1.82) is 0 Å². The zero-order valence-electron chi connectivity index (χ0n) is 19.0. The van der Waals surface area contributed by atoms with Gasteiger partial charge < -0.3 is 15.4 Å². The summed E-state index contributed by atoms with van der Waals surface area (Å²) >= 11 is 1.16. The Labute approximate surface area is 206 Å². The molecular weight excluding hydrogens is 470 g/mol. The number of hydrogen-bond donors (Lipinski definition) is 2. The number of amides is 2. The van der Waals surface area contributed by atoms with Crippen molar-refractivity contribution in [2.75, 3.05) is 16.4 Å². The van der Waals surface area contributed by atoms with Crippen LogP contribution in [0.25, 0.3) is 0 Å². The predicted molar refractivity (Wildman–Crippen MR) is 134 cm³/mol. The van der Waals surface area contributed by atoms with Crippen molar-refractivity contribution in [3.63, 3.8) is 0 Å². The number of rotatable bonds is 9. The van der Waals surface area contributed by atoms with Gasteiger partial charge in [0.25, 0.3) is 11.6 Å². The fourth-order valence-corrected chi connectivity index (χ4v) is 3.83. The molecule has 0 aliphatic carbocycles. The van der Waals surface area contributed by atoms with Crippen LogP contribution < -0.4 is 10.6 Å². The largest absolute Gasteiger partial charge is 0.449 e. The van der Waals surface area contributed by atoms with E-state index in [1.165, 1.54) is 31.2 Å². The SMILES string of the molecule is Cc1ccc(NC(=O)CSc2ccccc2C(=O)OC(C)C(=O)Nc2ccccc2[N+](=O)[O-])cc1. The molecule has 0 radical (unpaired) electrons. The maximum Gasteiger partial charge on any atom is 0.340 e. The fraction of sp³-hybridized carbons (Fsp3) is 0.160. The minimum absolute atomic E-state index is 0.000874. The Morgan fingerprint density at radius 1 is 0.971 bits per heavy atom. The van der Waals surface area contributed by atoms with Crippen LogP contribution in [0.1, 0.15) is 22.8 Å². The smallest absolute Gasteiger partial charge is 0.340 e. The van der Waals surface area contributed by atoms with Crippen LogP contribution in [-0.2, 0) is 14.3 Å². The van der Waals surface area contributed by atoms with Crippen molar-refractivity contribution >= 4 is 46.6 Å². The summed E-state index contributed by atoms with van der Waals surface area (Å²) in [5.74, 6) is -1.64. The number of ether oxygens (including phenoxy) is 1. The van der Waals surface area contributed by atoms with E-state index in [0.717, 1.165) is 17.3 Å². The summed E-state index contributed by atoms with van der Waals surface area (Å²) in [7, 11) is 0. The maximum absolute atomic E-state index is 12.8. The molecule has 35 heavy (non-hydrogen) atoms. The second kappa shape index (κ2) is 11.8. The Bertz CT molecular complexity index is 1250. The monoisotopic (exact) mass is 493 g/mol. The maximum atomic E-state index is 12.8. The Balaban J connectivity index is 1.60. The number of nitro benzene ring substituents is 1. The van der Waals surface area contributed by atoms with Gasteiger partial charge in [-0.1, -0.05) is 42.0 Å². The van der Waals surface area contributed by atoms with Gasteiger partial charge in [-0.2, -0.15) is 0 Å². The van der Waals surface area contributed by atoms with Crippen LogP contribution in [0.3, 0.4) is 0 Å². The molecule has 1 atom stereocenters. The number of thioether (sulfide) groups is 1. The molecule has 10 heteroatoms. The molecule has 0 saturated heterocycles. The highest BCUT2D eigenvalue weighted by Gasteiger charge is 2.23. The number of nitrogens with zero attached hydrogens (tertiary/aromatic N) is 1. The first-order chi connectivity index (χ1) is 16.7. The molecule has 0 bridgehead atoms. The summed E-state index contributed by atoms with van der Waals surface area (Å²) in [6.45, 7) is 3.32. The van der Waals surface area contributed by atoms with Crippen LogP contribution in [0.15, 0.2) is 77.7 Å². The average Bonchev–Trinajstić information content (AvgIpc) is 2.84. The molecular formula is C25H23N3O6S. The van der Waals surface area contributed by atoms with Gasteiger partial charge in [0.15, 0.2) is 6.10 Å². The van der Waals surface area contributed by atoms with E-state index in [-0.39, 0.29) is 28.6 Å². The van der Waals surface area contributed by atoms with Crippen LogP contribution in [0.5, 0.6) is 0 Å². The second-order valence-electron chi connectivity index (χ2n) is 7.51. The summed E-state index contributed by atoms with van der Waals surface area (Å²) in [4.78, 5) is 48.6. The van der Waals surface area contributed by atoms with E-state index >= 15 is 0 Å². The Hall–Kier alpha value is -4.18. The van der Waals surface area contributed by atoms with Crippen LogP contribution in [-0.4, -0.2) is 34.6 Å². The number of esters is 1. The zero-order valence-corrected chi connectivity index (χ0v) is 19.8. The van der Waals surface area contributed by atoms with Crippen LogP contribution in [0, 0.1) is 17.0 Å². The first-order valence-corrected chi connectivity index (χ1v) is 11.6. The summed E-state index contributed by atoms with van der Waals surface area (Å²) in [6.07, 6.45) is -1.22. The molecule has 2 N–H and O–H groups in total. The molecule has 9 nitrogen and oxygen atoms in total. The summed E-state index contributed by atoms with van der Waals surface area (Å²) in [5, 5.41) is 16.3. The molecule has 0 fully saturated rings. The number of para-hydroxylation sites is 2. The van der Waals surface area contributed by atoms with E-state index < -0.39 is 22.9 Å². The van der Waals surface area contributed by atoms with Crippen molar-refractivity contribution in [1.82, 2.24) is 0 Å². The highest BCUT2D eigenvalue weighted by molar-refractivity contribution is 8.00. The van der Waals surface area contributed by atoms with Crippen molar-refractivity contribution in [3.05, 3.63) is 94.0 Å². The van der Waals surface area contributed by atoms with Gasteiger partial charge in [-0.25, -0.2) is 4.79 Å². The summed E-state index contributed by atoms with van der Waals surface area (Å²) < 4.78 is 5.29. The van der Waals surface area contributed by atoms with Gasteiger partial charge in [0.2, 0.25) is 5.91 Å². The Morgan fingerprint density at radius 2 is 1.63 bits per heavy atom. The number of benzene rings is 3. The molecule has 3 aromatic carbocycles. The van der Waals surface area contributed by atoms with E-state index in [2.05, 4.69) is 10.6 Å². The summed E-state index contributed by atoms with van der Waals surface area (Å²) in [5.41, 5.74) is 1.68. The van der Waals surface area contributed by atoms with E-state index in [1.807, 2.05) is 19.1 Å². The minimum Gasteiger partial charge on any atom is -0.449 e. The molecule has 180 valence electrons. The normalized spacial score (nSPS) is 11.3.